The van der Waals surface area contributed by atoms with Crippen LogP contribution in [0, 0.1) is 0 Å². The third-order valence-corrected chi connectivity index (χ3v) is 4.23. The molecular weight excluding hydrogens is 252 g/mol. The minimum absolute atomic E-state index is 0.0822. The number of halogens is 1. The van der Waals surface area contributed by atoms with E-state index in [2.05, 4.69) is 0 Å². The predicted octanol–water partition coefficient (Wildman–Crippen LogP) is 4.18. The maximum atomic E-state index is 11.6. The van der Waals surface area contributed by atoms with Crippen LogP contribution in [0.2, 0.25) is 4.34 Å². The molecule has 0 aliphatic rings. The third kappa shape index (κ3) is 2.33. The molecule has 15 heavy (non-hydrogen) atoms. The average molecular weight is 261 g/mol. The minimum atomic E-state index is -0.255. The van der Waals surface area contributed by atoms with Gasteiger partial charge in [-0.1, -0.05) is 11.6 Å². The summed E-state index contributed by atoms with van der Waals surface area (Å²) in [5.41, 5.74) is 0. The Labute approximate surface area is 100 Å². The second-order valence-electron chi connectivity index (χ2n) is 3.36. The fourth-order valence-corrected chi connectivity index (χ4v) is 3.72. The monoisotopic (exact) mass is 260 g/mol. The number of carbonyl (C=O) groups is 1. The van der Waals surface area contributed by atoms with Gasteiger partial charge in [-0.2, -0.15) is 0 Å². The topological polar surface area (TPSA) is 26.3 Å². The molecule has 0 aliphatic heterocycles. The zero-order valence-corrected chi connectivity index (χ0v) is 10.6. The molecular formula is C10H9ClO2S2. The van der Waals surface area contributed by atoms with Crippen LogP contribution in [0.15, 0.2) is 12.1 Å². The van der Waals surface area contributed by atoms with Gasteiger partial charge in [0, 0.05) is 5.39 Å². The van der Waals surface area contributed by atoms with Crippen molar-refractivity contribution in [1.82, 2.24) is 0 Å². The lowest BCUT2D eigenvalue weighted by Gasteiger charge is -2.05. The van der Waals surface area contributed by atoms with E-state index >= 15 is 0 Å². The van der Waals surface area contributed by atoms with Gasteiger partial charge < -0.3 is 4.74 Å². The predicted molar refractivity (Wildman–Crippen MR) is 65.3 cm³/mol. The summed E-state index contributed by atoms with van der Waals surface area (Å²) < 4.78 is 6.92. The molecule has 0 aromatic carbocycles. The van der Waals surface area contributed by atoms with Crippen LogP contribution in [-0.4, -0.2) is 12.1 Å². The van der Waals surface area contributed by atoms with Gasteiger partial charge in [-0.25, -0.2) is 4.79 Å². The molecule has 80 valence electrons. The molecule has 0 spiro atoms. The van der Waals surface area contributed by atoms with Crippen molar-refractivity contribution in [3.63, 3.8) is 0 Å². The van der Waals surface area contributed by atoms with Crippen LogP contribution >= 0.6 is 34.3 Å². The summed E-state index contributed by atoms with van der Waals surface area (Å²) in [6, 6.07) is 3.69. The Kier molecular flexibility index (Phi) is 3.00. The summed E-state index contributed by atoms with van der Waals surface area (Å²) in [6.45, 7) is 3.68. The van der Waals surface area contributed by atoms with Crippen molar-refractivity contribution in [3.8, 4) is 0 Å². The Morgan fingerprint density at radius 1 is 1.40 bits per heavy atom. The Morgan fingerprint density at radius 3 is 2.73 bits per heavy atom. The number of thiophene rings is 2. The van der Waals surface area contributed by atoms with Crippen molar-refractivity contribution in [1.29, 1.82) is 0 Å². The summed E-state index contributed by atoms with van der Waals surface area (Å²) in [6.07, 6.45) is -0.0822. The largest absolute Gasteiger partial charge is 0.459 e. The third-order valence-electron chi connectivity index (χ3n) is 1.73. The highest BCUT2D eigenvalue weighted by atomic mass is 35.5. The van der Waals surface area contributed by atoms with E-state index in [1.807, 2.05) is 26.0 Å². The maximum absolute atomic E-state index is 11.6. The molecule has 0 unspecified atom stereocenters. The van der Waals surface area contributed by atoms with Crippen molar-refractivity contribution in [2.45, 2.75) is 20.0 Å². The van der Waals surface area contributed by atoms with Crippen LogP contribution in [0.25, 0.3) is 9.40 Å². The number of ether oxygens (including phenoxy) is 1. The van der Waals surface area contributed by atoms with Gasteiger partial charge in [0.05, 0.1) is 14.5 Å². The summed E-state index contributed by atoms with van der Waals surface area (Å²) in [7, 11) is 0. The van der Waals surface area contributed by atoms with Crippen LogP contribution in [0.5, 0.6) is 0 Å². The fraction of sp³-hybridized carbons (Fsp3) is 0.300. The Morgan fingerprint density at radius 2 is 2.13 bits per heavy atom. The van der Waals surface area contributed by atoms with Crippen molar-refractivity contribution >= 4 is 49.6 Å². The molecule has 0 atom stereocenters. The number of fused-ring (bicyclic) bond motifs is 1. The van der Waals surface area contributed by atoms with Gasteiger partial charge in [-0.15, -0.1) is 22.7 Å². The molecule has 0 radical (unpaired) electrons. The first-order chi connectivity index (χ1) is 7.06. The van der Waals surface area contributed by atoms with Gasteiger partial charge >= 0.3 is 5.97 Å². The molecule has 0 amide bonds. The van der Waals surface area contributed by atoms with E-state index in [0.717, 1.165) is 13.7 Å². The van der Waals surface area contributed by atoms with E-state index in [1.165, 1.54) is 22.7 Å². The molecule has 0 saturated carbocycles. The Balaban J connectivity index is 2.29. The van der Waals surface area contributed by atoms with Crippen molar-refractivity contribution in [2.24, 2.45) is 0 Å². The van der Waals surface area contributed by atoms with Gasteiger partial charge in [0.15, 0.2) is 0 Å². The van der Waals surface area contributed by atoms with Crippen molar-refractivity contribution in [2.75, 3.05) is 0 Å². The van der Waals surface area contributed by atoms with E-state index in [-0.39, 0.29) is 12.1 Å². The lowest BCUT2D eigenvalue weighted by Crippen LogP contribution is -2.09. The minimum Gasteiger partial charge on any atom is -0.459 e. The molecule has 2 aromatic heterocycles. The second-order valence-corrected chi connectivity index (χ2v) is 6.35. The molecule has 0 aliphatic carbocycles. The van der Waals surface area contributed by atoms with Gasteiger partial charge in [0.25, 0.3) is 0 Å². The quantitative estimate of drug-likeness (QED) is 0.757. The highest BCUT2D eigenvalue weighted by molar-refractivity contribution is 7.40. The molecule has 2 nitrogen and oxygen atoms in total. The number of esters is 1. The van der Waals surface area contributed by atoms with Crippen LogP contribution < -0.4 is 0 Å². The number of carbonyl (C=O) groups excluding carboxylic acids is 1. The summed E-state index contributed by atoms with van der Waals surface area (Å²) in [4.78, 5) is 12.2. The van der Waals surface area contributed by atoms with Crippen molar-refractivity contribution in [3.05, 3.63) is 21.3 Å². The first-order valence-corrected chi connectivity index (χ1v) is 6.47. The smallest absolute Gasteiger partial charge is 0.348 e. The standard InChI is InChI=1S/C10H9ClO2S2/c1-5(2)13-9(12)7-3-6-4-8(11)15-10(6)14-7/h3-5H,1-2H3. The Hall–Kier alpha value is -0.580. The molecule has 0 N–H and O–H groups in total. The molecule has 0 fully saturated rings. The van der Waals surface area contributed by atoms with E-state index in [1.54, 1.807) is 0 Å². The molecule has 2 rings (SSSR count). The van der Waals surface area contributed by atoms with E-state index < -0.39 is 0 Å². The highest BCUT2D eigenvalue weighted by Gasteiger charge is 2.14. The van der Waals surface area contributed by atoms with Crippen LogP contribution in [0.1, 0.15) is 23.5 Å². The normalized spacial score (nSPS) is 11.2. The fourth-order valence-electron chi connectivity index (χ4n) is 1.18. The Bertz CT molecular complexity index is 467. The SMILES string of the molecule is CC(C)OC(=O)c1cc2cc(Cl)sc2s1. The summed E-state index contributed by atoms with van der Waals surface area (Å²) >= 11 is 8.76. The molecule has 0 saturated heterocycles. The molecule has 2 heterocycles. The van der Waals surface area contributed by atoms with Crippen LogP contribution in [0.3, 0.4) is 0 Å². The van der Waals surface area contributed by atoms with Gasteiger partial charge in [-0.3, -0.25) is 0 Å². The lowest BCUT2D eigenvalue weighted by atomic mass is 10.3. The average Bonchev–Trinajstić information content (AvgIpc) is 2.58. The maximum Gasteiger partial charge on any atom is 0.348 e. The van der Waals surface area contributed by atoms with Gasteiger partial charge in [0.2, 0.25) is 0 Å². The first-order valence-electron chi connectivity index (χ1n) is 4.46. The number of rotatable bonds is 2. The van der Waals surface area contributed by atoms with E-state index in [9.17, 15) is 4.79 Å². The van der Waals surface area contributed by atoms with Crippen molar-refractivity contribution < 1.29 is 9.53 Å². The highest BCUT2D eigenvalue weighted by Crippen LogP contribution is 2.36. The second kappa shape index (κ2) is 4.12. The van der Waals surface area contributed by atoms with Gasteiger partial charge in [0.1, 0.15) is 4.88 Å². The number of hydrogen-bond acceptors (Lipinski definition) is 4. The lowest BCUT2D eigenvalue weighted by molar-refractivity contribution is 0.0384. The van der Waals surface area contributed by atoms with Crippen LogP contribution in [0.4, 0.5) is 0 Å². The molecule has 2 aromatic rings. The first kappa shape index (κ1) is 10.9. The number of hydrogen-bond donors (Lipinski definition) is 0. The van der Waals surface area contributed by atoms with Crippen LogP contribution in [-0.2, 0) is 4.74 Å². The summed E-state index contributed by atoms with van der Waals surface area (Å²) in [5, 5.41) is 1.02. The van der Waals surface area contributed by atoms with Gasteiger partial charge in [-0.05, 0) is 26.0 Å². The zero-order valence-electron chi connectivity index (χ0n) is 8.24. The zero-order chi connectivity index (χ0) is 11.0. The summed E-state index contributed by atoms with van der Waals surface area (Å²) in [5.74, 6) is -0.255. The molecule has 0 bridgehead atoms. The van der Waals surface area contributed by atoms with E-state index in [0.29, 0.717) is 4.88 Å². The molecule has 5 heteroatoms. The van der Waals surface area contributed by atoms with E-state index in [4.69, 9.17) is 16.3 Å².